The third-order valence-electron chi connectivity index (χ3n) is 9.86. The Morgan fingerprint density at radius 1 is 1.04 bits per heavy atom. The highest BCUT2D eigenvalue weighted by Crippen LogP contribution is 2.46. The van der Waals surface area contributed by atoms with Crippen LogP contribution in [0.4, 0.5) is 11.4 Å². The first-order valence-electron chi connectivity index (χ1n) is 17.5. The maximum absolute atomic E-state index is 14.2. The number of rotatable bonds is 13. The van der Waals surface area contributed by atoms with Gasteiger partial charge in [0.05, 0.1) is 25.4 Å². The molecule has 2 heterocycles. The van der Waals surface area contributed by atoms with Crippen LogP contribution < -0.4 is 15.0 Å². The van der Waals surface area contributed by atoms with Gasteiger partial charge in [-0.1, -0.05) is 66.6 Å². The summed E-state index contributed by atoms with van der Waals surface area (Å²) in [7, 11) is 1.56. The van der Waals surface area contributed by atoms with E-state index >= 15 is 0 Å². The van der Waals surface area contributed by atoms with Crippen LogP contribution in [-0.4, -0.2) is 59.1 Å². The number of amides is 3. The van der Waals surface area contributed by atoms with Crippen molar-refractivity contribution in [1.29, 1.82) is 0 Å². The van der Waals surface area contributed by atoms with Gasteiger partial charge in [0.2, 0.25) is 5.91 Å². The van der Waals surface area contributed by atoms with Gasteiger partial charge in [0, 0.05) is 42.2 Å². The summed E-state index contributed by atoms with van der Waals surface area (Å²) in [6, 6.07) is 19.5. The molecule has 51 heavy (non-hydrogen) atoms. The molecule has 0 saturated heterocycles. The van der Waals surface area contributed by atoms with Gasteiger partial charge in [-0.15, -0.1) is 0 Å². The van der Waals surface area contributed by atoms with Crippen LogP contribution in [0.25, 0.3) is 0 Å². The molecular formula is C42H49N3O6. The maximum Gasteiger partial charge on any atom is 0.264 e. The fraction of sp³-hybridized carbons (Fsp3) is 0.357. The van der Waals surface area contributed by atoms with Crippen molar-refractivity contribution >= 4 is 29.1 Å². The van der Waals surface area contributed by atoms with E-state index in [2.05, 4.69) is 25.2 Å². The average molecular weight is 692 g/mol. The van der Waals surface area contributed by atoms with Gasteiger partial charge in [0.25, 0.3) is 11.8 Å². The van der Waals surface area contributed by atoms with Crippen LogP contribution in [0.15, 0.2) is 102 Å². The molecule has 3 amide bonds. The standard InChI is InChI=1S/C42H49N3O6/c1-28(2)10-8-11-29(3)22-23-44-38-21-18-34(43-40(48)31-16-19-36(51-5)20-17-31)25-37(38)42(50,41(44)49)30(4)12-9-15-39(47)45-26-33-14-7-6-13-32(33)24-35(45)27-46/h6-7,9-10,12-14,16-22,25,30,35,46,50H,8,11,15,23-24,26-27H2,1-5H3,(H,43,48)/b12-9+,29-22+/t30-,35+,42+/m1/s1. The molecule has 0 aliphatic carbocycles. The molecule has 0 spiro atoms. The number of nitrogens with zero attached hydrogens (tertiary/aromatic N) is 2. The number of carbonyl (C=O) groups excluding carboxylic acids is 3. The van der Waals surface area contributed by atoms with Crippen molar-refractivity contribution in [1.82, 2.24) is 4.90 Å². The summed E-state index contributed by atoms with van der Waals surface area (Å²) in [5.41, 5.74) is 4.44. The Bertz CT molecular complexity index is 1840. The normalized spacial score (nSPS) is 19.1. The number of aliphatic hydroxyl groups excluding tert-OH is 1. The first-order valence-corrected chi connectivity index (χ1v) is 17.5. The van der Waals surface area contributed by atoms with E-state index in [1.54, 1.807) is 78.4 Å². The minimum absolute atomic E-state index is 0.0510. The molecule has 2 aliphatic rings. The van der Waals surface area contributed by atoms with Crippen molar-refractivity contribution in [3.05, 3.63) is 124 Å². The van der Waals surface area contributed by atoms with E-state index in [0.717, 1.165) is 29.5 Å². The van der Waals surface area contributed by atoms with Gasteiger partial charge in [-0.25, -0.2) is 0 Å². The van der Waals surface area contributed by atoms with Gasteiger partial charge < -0.3 is 30.1 Å². The summed E-state index contributed by atoms with van der Waals surface area (Å²) >= 11 is 0. The Balaban J connectivity index is 1.38. The second-order valence-corrected chi connectivity index (χ2v) is 13.7. The average Bonchev–Trinajstić information content (AvgIpc) is 3.35. The van der Waals surface area contributed by atoms with Gasteiger partial charge in [-0.2, -0.15) is 0 Å². The van der Waals surface area contributed by atoms with Crippen molar-refractivity contribution in [2.45, 2.75) is 71.6 Å². The highest BCUT2D eigenvalue weighted by Gasteiger charge is 2.52. The van der Waals surface area contributed by atoms with Crippen molar-refractivity contribution < 1.29 is 29.3 Å². The second kappa shape index (κ2) is 16.4. The first kappa shape index (κ1) is 37.3. The molecule has 0 saturated carbocycles. The predicted molar refractivity (Wildman–Crippen MR) is 201 cm³/mol. The van der Waals surface area contributed by atoms with Crippen LogP contribution in [0.1, 0.15) is 74.0 Å². The quantitative estimate of drug-likeness (QED) is 0.172. The van der Waals surface area contributed by atoms with Gasteiger partial charge in [0.15, 0.2) is 5.60 Å². The number of carbonyl (C=O) groups is 3. The zero-order valence-electron chi connectivity index (χ0n) is 30.2. The van der Waals surface area contributed by atoms with E-state index in [1.165, 1.54) is 5.57 Å². The SMILES string of the molecule is COc1ccc(C(=O)Nc2ccc3c(c2)[C@@](O)([C@H](C)/C=C/CC(=O)N2Cc4ccccc4C[C@H]2CO)C(=O)N3C/C=C(\C)CCC=C(C)C)cc1. The summed E-state index contributed by atoms with van der Waals surface area (Å²) in [6.07, 6.45) is 9.99. The molecule has 0 unspecified atom stereocenters. The van der Waals surface area contributed by atoms with Gasteiger partial charge >= 0.3 is 0 Å². The number of hydrogen-bond acceptors (Lipinski definition) is 6. The number of aliphatic hydroxyl groups is 2. The Morgan fingerprint density at radius 2 is 1.76 bits per heavy atom. The topological polar surface area (TPSA) is 119 Å². The molecule has 3 atom stereocenters. The zero-order valence-corrected chi connectivity index (χ0v) is 30.2. The lowest BCUT2D eigenvalue weighted by molar-refractivity contribution is -0.139. The predicted octanol–water partition coefficient (Wildman–Crippen LogP) is 6.70. The van der Waals surface area contributed by atoms with E-state index in [9.17, 15) is 24.6 Å². The van der Waals surface area contributed by atoms with Crippen molar-refractivity contribution in [2.24, 2.45) is 5.92 Å². The van der Waals surface area contributed by atoms with Crippen molar-refractivity contribution in [2.75, 3.05) is 30.5 Å². The number of benzene rings is 3. The van der Waals surface area contributed by atoms with E-state index in [1.807, 2.05) is 37.3 Å². The van der Waals surface area contributed by atoms with E-state index in [0.29, 0.717) is 41.2 Å². The number of fused-ring (bicyclic) bond motifs is 2. The van der Waals surface area contributed by atoms with Crippen LogP contribution in [0.3, 0.4) is 0 Å². The molecule has 3 N–H and O–H groups in total. The third kappa shape index (κ3) is 8.32. The van der Waals surface area contributed by atoms with Crippen LogP contribution in [0.5, 0.6) is 5.75 Å². The molecule has 3 aromatic carbocycles. The second-order valence-electron chi connectivity index (χ2n) is 13.7. The number of anilines is 2. The molecule has 0 fully saturated rings. The molecule has 5 rings (SSSR count). The third-order valence-corrected chi connectivity index (χ3v) is 9.86. The van der Waals surface area contributed by atoms with Crippen molar-refractivity contribution in [3.8, 4) is 5.75 Å². The molecule has 9 nitrogen and oxygen atoms in total. The smallest absolute Gasteiger partial charge is 0.264 e. The molecule has 0 radical (unpaired) electrons. The highest BCUT2D eigenvalue weighted by molar-refractivity contribution is 6.09. The van der Waals surface area contributed by atoms with Crippen molar-refractivity contribution in [3.63, 3.8) is 0 Å². The lowest BCUT2D eigenvalue weighted by atomic mass is 9.82. The summed E-state index contributed by atoms with van der Waals surface area (Å²) in [5.74, 6) is -1.04. The Hall–Kier alpha value is -4.99. The Labute approximate surface area is 300 Å². The molecular weight excluding hydrogens is 642 g/mol. The number of hydrogen-bond donors (Lipinski definition) is 3. The summed E-state index contributed by atoms with van der Waals surface area (Å²) < 4.78 is 5.20. The fourth-order valence-corrected chi connectivity index (χ4v) is 6.76. The Morgan fingerprint density at radius 3 is 2.45 bits per heavy atom. The molecule has 3 aromatic rings. The monoisotopic (exact) mass is 691 g/mol. The molecule has 0 aromatic heterocycles. The molecule has 2 aliphatic heterocycles. The number of nitrogens with one attached hydrogen (secondary N) is 1. The van der Waals surface area contributed by atoms with Crippen LogP contribution in [0, 0.1) is 5.92 Å². The largest absolute Gasteiger partial charge is 0.497 e. The molecule has 268 valence electrons. The van der Waals surface area contributed by atoms with Crippen LogP contribution in [0.2, 0.25) is 0 Å². The fourth-order valence-electron chi connectivity index (χ4n) is 6.76. The molecule has 9 heteroatoms. The highest BCUT2D eigenvalue weighted by atomic mass is 16.5. The van der Waals surface area contributed by atoms with E-state index in [4.69, 9.17) is 4.74 Å². The van der Waals surface area contributed by atoms with Gasteiger partial charge in [-0.3, -0.25) is 14.4 Å². The van der Waals surface area contributed by atoms with Crippen LogP contribution in [-0.2, 0) is 28.2 Å². The van der Waals surface area contributed by atoms with Crippen LogP contribution >= 0.6 is 0 Å². The minimum atomic E-state index is -1.95. The zero-order chi connectivity index (χ0) is 36.7. The lowest BCUT2D eigenvalue weighted by Crippen LogP contribution is -2.46. The summed E-state index contributed by atoms with van der Waals surface area (Å²) in [5, 5.41) is 25.3. The minimum Gasteiger partial charge on any atom is -0.497 e. The Kier molecular flexibility index (Phi) is 12.0. The van der Waals surface area contributed by atoms with E-state index < -0.39 is 17.4 Å². The van der Waals surface area contributed by atoms with Gasteiger partial charge in [-0.05, 0) is 93.6 Å². The van der Waals surface area contributed by atoms with Gasteiger partial charge in [0.1, 0.15) is 5.75 Å². The summed E-state index contributed by atoms with van der Waals surface area (Å²) in [4.78, 5) is 44.0. The number of ether oxygens (including phenoxy) is 1. The number of methoxy groups -OCH3 is 1. The van der Waals surface area contributed by atoms with E-state index in [-0.39, 0.29) is 37.4 Å². The number of allylic oxidation sites excluding steroid dienone is 3. The lowest BCUT2D eigenvalue weighted by Gasteiger charge is -2.36. The summed E-state index contributed by atoms with van der Waals surface area (Å²) in [6.45, 7) is 8.48. The molecule has 0 bridgehead atoms. The maximum atomic E-state index is 14.2. The first-order chi connectivity index (χ1) is 24.5.